The fourth-order valence-corrected chi connectivity index (χ4v) is 3.00. The third kappa shape index (κ3) is 7.53. The second-order valence-corrected chi connectivity index (χ2v) is 6.93. The summed E-state index contributed by atoms with van der Waals surface area (Å²) in [5.41, 5.74) is 6.61. The molecular weight excluding hydrogens is 404 g/mol. The normalized spacial score (nSPS) is 13.7. The Balaban J connectivity index is 0.00000392. The molecule has 0 bridgehead atoms. The lowest BCUT2D eigenvalue weighted by atomic mass is 10.00. The van der Waals surface area contributed by atoms with E-state index in [1.165, 1.54) is 18.4 Å². The van der Waals surface area contributed by atoms with E-state index in [2.05, 4.69) is 15.6 Å². The Morgan fingerprint density at radius 2 is 2.00 bits per heavy atom. The molecule has 1 heterocycles. The number of ether oxygens (including phenoxy) is 1. The van der Waals surface area contributed by atoms with Crippen molar-refractivity contribution in [3.8, 4) is 0 Å². The molecule has 0 aliphatic heterocycles. The number of aliphatic hydroxyl groups excluding tert-OH is 1. The highest BCUT2D eigenvalue weighted by molar-refractivity contribution is 7.09. The zero-order valence-corrected chi connectivity index (χ0v) is 17.0. The number of hydrogen-bond acceptors (Lipinski definition) is 7. The molecule has 1 aromatic heterocycles. The number of halogens is 1. The van der Waals surface area contributed by atoms with Crippen LogP contribution in [0.25, 0.3) is 0 Å². The highest BCUT2D eigenvalue weighted by Crippen LogP contribution is 2.08. The third-order valence-electron chi connectivity index (χ3n) is 3.86. The lowest BCUT2D eigenvalue weighted by Crippen LogP contribution is -2.55. The Bertz CT molecular complexity index is 718. The quantitative estimate of drug-likeness (QED) is 0.429. The summed E-state index contributed by atoms with van der Waals surface area (Å²) in [6.07, 6.45) is 0.472. The van der Waals surface area contributed by atoms with Crippen LogP contribution in [0.2, 0.25) is 0 Å². The van der Waals surface area contributed by atoms with E-state index in [1.54, 1.807) is 11.6 Å². The smallest absolute Gasteiger partial charge is 0.251 e. The van der Waals surface area contributed by atoms with Crippen LogP contribution in [0.15, 0.2) is 41.9 Å². The molecule has 2 aromatic rings. The average molecular weight is 429 g/mol. The number of thiazole rings is 1. The maximum absolute atomic E-state index is 12.4. The molecule has 1 aromatic carbocycles. The Labute approximate surface area is 173 Å². The predicted octanol–water partition coefficient (Wildman–Crippen LogP) is 0.243. The van der Waals surface area contributed by atoms with Gasteiger partial charge in [-0.25, -0.2) is 4.98 Å². The number of aliphatic hydroxyl groups is 1. The highest BCUT2D eigenvalue weighted by atomic mass is 35.5. The number of nitrogens with one attached hydrogen (secondary N) is 2. The molecular formula is C18H25ClN4O4S. The molecule has 0 unspecified atom stereocenters. The van der Waals surface area contributed by atoms with E-state index < -0.39 is 30.0 Å². The lowest BCUT2D eigenvalue weighted by molar-refractivity contribution is -0.132. The van der Waals surface area contributed by atoms with Crippen LogP contribution in [0.1, 0.15) is 10.6 Å². The largest absolute Gasteiger partial charge is 0.383 e. The molecule has 0 fully saturated rings. The molecule has 0 spiro atoms. The third-order valence-corrected chi connectivity index (χ3v) is 4.64. The van der Waals surface area contributed by atoms with Crippen LogP contribution in [0.4, 0.5) is 0 Å². The molecule has 2 amide bonds. The van der Waals surface area contributed by atoms with Gasteiger partial charge in [-0.2, -0.15) is 0 Å². The minimum atomic E-state index is -1.44. The summed E-state index contributed by atoms with van der Waals surface area (Å²) in [6, 6.07) is 7.54. The molecule has 3 atom stereocenters. The first-order valence-electron chi connectivity index (χ1n) is 8.44. The van der Waals surface area contributed by atoms with E-state index in [-0.39, 0.29) is 32.0 Å². The second-order valence-electron chi connectivity index (χ2n) is 5.96. The molecule has 154 valence electrons. The molecule has 8 nitrogen and oxygen atoms in total. The summed E-state index contributed by atoms with van der Waals surface area (Å²) in [5.74, 6) is -1.09. The van der Waals surface area contributed by atoms with E-state index in [0.29, 0.717) is 0 Å². The van der Waals surface area contributed by atoms with Gasteiger partial charge in [-0.15, -0.1) is 23.7 Å². The van der Waals surface area contributed by atoms with Crippen molar-refractivity contribution < 1.29 is 19.4 Å². The summed E-state index contributed by atoms with van der Waals surface area (Å²) in [4.78, 5) is 28.7. The SMILES string of the molecule is COC[C@@H](N)C(=O)N[C@H](Cc1ccccc1)[C@H](O)C(=O)NCc1nccs1.Cl. The van der Waals surface area contributed by atoms with E-state index in [9.17, 15) is 14.7 Å². The summed E-state index contributed by atoms with van der Waals surface area (Å²) in [7, 11) is 1.44. The monoisotopic (exact) mass is 428 g/mol. The fourth-order valence-electron chi connectivity index (χ4n) is 2.44. The van der Waals surface area contributed by atoms with Gasteiger partial charge in [0.1, 0.15) is 11.0 Å². The topological polar surface area (TPSA) is 127 Å². The van der Waals surface area contributed by atoms with Crippen molar-refractivity contribution in [1.82, 2.24) is 15.6 Å². The Morgan fingerprint density at radius 3 is 2.61 bits per heavy atom. The van der Waals surface area contributed by atoms with E-state index in [0.717, 1.165) is 10.6 Å². The molecule has 0 saturated carbocycles. The van der Waals surface area contributed by atoms with Crippen LogP contribution in [0, 0.1) is 0 Å². The van der Waals surface area contributed by atoms with Crippen LogP contribution in [0.3, 0.4) is 0 Å². The fraction of sp³-hybridized carbons (Fsp3) is 0.389. The van der Waals surface area contributed by atoms with Crippen molar-refractivity contribution in [2.45, 2.75) is 31.2 Å². The van der Waals surface area contributed by atoms with Crippen molar-refractivity contribution in [2.24, 2.45) is 5.73 Å². The number of aromatic nitrogens is 1. The number of carbonyl (C=O) groups is 2. The number of nitrogens with zero attached hydrogens (tertiary/aromatic N) is 1. The summed E-state index contributed by atoms with van der Waals surface area (Å²) >= 11 is 1.40. The molecule has 2 rings (SSSR count). The van der Waals surface area contributed by atoms with E-state index >= 15 is 0 Å². The standard InChI is InChI=1S/C18H24N4O4S.ClH/c1-26-11-13(19)17(24)22-14(9-12-5-3-2-4-6-12)16(23)18(25)21-10-15-20-7-8-27-15;/h2-8,13-14,16,23H,9-11,19H2,1H3,(H,21,25)(H,22,24);1H/t13-,14-,16+;/m1./s1. The van der Waals surface area contributed by atoms with Gasteiger partial charge in [0.25, 0.3) is 5.91 Å². The van der Waals surface area contributed by atoms with Gasteiger partial charge in [-0.3, -0.25) is 9.59 Å². The van der Waals surface area contributed by atoms with Crippen molar-refractivity contribution >= 4 is 35.6 Å². The van der Waals surface area contributed by atoms with Gasteiger partial charge in [0.05, 0.1) is 19.2 Å². The molecule has 0 saturated heterocycles. The van der Waals surface area contributed by atoms with Gasteiger partial charge in [0, 0.05) is 18.7 Å². The Morgan fingerprint density at radius 1 is 1.29 bits per heavy atom. The summed E-state index contributed by atoms with van der Waals surface area (Å²) in [6.45, 7) is 0.249. The molecule has 28 heavy (non-hydrogen) atoms. The highest BCUT2D eigenvalue weighted by Gasteiger charge is 2.29. The lowest BCUT2D eigenvalue weighted by Gasteiger charge is -2.25. The van der Waals surface area contributed by atoms with Gasteiger partial charge in [-0.05, 0) is 12.0 Å². The molecule has 5 N–H and O–H groups in total. The maximum atomic E-state index is 12.4. The van der Waals surface area contributed by atoms with Crippen LogP contribution >= 0.6 is 23.7 Å². The first-order valence-corrected chi connectivity index (χ1v) is 9.32. The first-order chi connectivity index (χ1) is 13.0. The van der Waals surface area contributed by atoms with Crippen molar-refractivity contribution in [3.05, 3.63) is 52.5 Å². The molecule has 0 aliphatic carbocycles. The van der Waals surface area contributed by atoms with Gasteiger partial charge in [-0.1, -0.05) is 30.3 Å². The van der Waals surface area contributed by atoms with Gasteiger partial charge in [0.15, 0.2) is 6.10 Å². The average Bonchev–Trinajstić information content (AvgIpc) is 3.19. The number of amides is 2. The van der Waals surface area contributed by atoms with Crippen LogP contribution in [-0.4, -0.2) is 53.8 Å². The van der Waals surface area contributed by atoms with Crippen molar-refractivity contribution in [3.63, 3.8) is 0 Å². The van der Waals surface area contributed by atoms with Crippen LogP contribution in [-0.2, 0) is 27.3 Å². The summed E-state index contributed by atoms with van der Waals surface area (Å²) < 4.78 is 4.88. The van der Waals surface area contributed by atoms with Crippen molar-refractivity contribution in [2.75, 3.05) is 13.7 Å². The first kappa shape index (κ1) is 24.0. The molecule has 0 radical (unpaired) electrons. The van der Waals surface area contributed by atoms with Gasteiger partial charge < -0.3 is 26.2 Å². The predicted molar refractivity (Wildman–Crippen MR) is 109 cm³/mol. The number of benzene rings is 1. The van der Waals surface area contributed by atoms with Gasteiger partial charge in [0.2, 0.25) is 5.91 Å². The second kappa shape index (κ2) is 12.4. The maximum Gasteiger partial charge on any atom is 0.251 e. The Hall–Kier alpha value is -2.04. The number of hydrogen-bond donors (Lipinski definition) is 4. The number of rotatable bonds is 10. The zero-order chi connectivity index (χ0) is 19.6. The zero-order valence-electron chi connectivity index (χ0n) is 15.4. The molecule has 0 aliphatic rings. The summed E-state index contributed by atoms with van der Waals surface area (Å²) in [5, 5.41) is 18.3. The Kier molecular flexibility index (Phi) is 10.6. The number of methoxy groups -OCH3 is 1. The number of carbonyl (C=O) groups excluding carboxylic acids is 2. The van der Waals surface area contributed by atoms with Crippen LogP contribution in [0.5, 0.6) is 0 Å². The molecule has 10 heteroatoms. The van der Waals surface area contributed by atoms with Gasteiger partial charge >= 0.3 is 0 Å². The van der Waals surface area contributed by atoms with E-state index in [1.807, 2.05) is 30.3 Å². The minimum Gasteiger partial charge on any atom is -0.383 e. The number of nitrogens with two attached hydrogens (primary N) is 1. The van der Waals surface area contributed by atoms with E-state index in [4.69, 9.17) is 10.5 Å². The minimum absolute atomic E-state index is 0. The van der Waals surface area contributed by atoms with Crippen LogP contribution < -0.4 is 16.4 Å². The van der Waals surface area contributed by atoms with Crippen molar-refractivity contribution in [1.29, 1.82) is 0 Å².